The summed E-state index contributed by atoms with van der Waals surface area (Å²) in [6, 6.07) is 0. The Kier molecular flexibility index (Phi) is 3.80. The summed E-state index contributed by atoms with van der Waals surface area (Å²) in [4.78, 5) is 5.91. The quantitative estimate of drug-likeness (QED) is 0.855. The average molecular weight is 295 g/mol. The number of thiazole rings is 1. The maximum Gasteiger partial charge on any atom is 0.123 e. The van der Waals surface area contributed by atoms with Gasteiger partial charge in [0.05, 0.1) is 5.01 Å². The van der Waals surface area contributed by atoms with E-state index in [-0.39, 0.29) is 10.8 Å². The van der Waals surface area contributed by atoms with Crippen LogP contribution in [0.4, 0.5) is 0 Å². The van der Waals surface area contributed by atoms with E-state index in [4.69, 9.17) is 0 Å². The van der Waals surface area contributed by atoms with E-state index in [1.165, 1.54) is 9.88 Å². The number of rotatable bonds is 3. The Morgan fingerprint density at radius 1 is 1.05 bits per heavy atom. The zero-order valence-corrected chi connectivity index (χ0v) is 14.1. The summed E-state index contributed by atoms with van der Waals surface area (Å²) in [6.07, 6.45) is 2.93. The fraction of sp³-hybridized carbons (Fsp3) is 0.643. The summed E-state index contributed by atoms with van der Waals surface area (Å²) in [5.41, 5.74) is 0.179. The first kappa shape index (κ1) is 14.6. The molecule has 0 fully saturated rings. The maximum atomic E-state index is 4.58. The molecule has 0 aliphatic carbocycles. The Labute approximate surface area is 123 Å². The van der Waals surface area contributed by atoms with Crippen molar-refractivity contribution in [2.24, 2.45) is 0 Å². The van der Waals surface area contributed by atoms with Gasteiger partial charge in [0, 0.05) is 22.9 Å². The van der Waals surface area contributed by atoms with Crippen LogP contribution in [0.15, 0.2) is 6.20 Å². The van der Waals surface area contributed by atoms with Gasteiger partial charge < -0.3 is 0 Å². The maximum absolute atomic E-state index is 4.58. The highest BCUT2D eigenvalue weighted by atomic mass is 32.1. The monoisotopic (exact) mass is 295 g/mol. The number of aryl methyl sites for hydroxylation is 1. The lowest BCUT2D eigenvalue weighted by Crippen LogP contribution is -2.20. The lowest BCUT2D eigenvalue weighted by Gasteiger charge is -2.19. The van der Waals surface area contributed by atoms with Crippen LogP contribution in [0.25, 0.3) is 0 Å². The van der Waals surface area contributed by atoms with Gasteiger partial charge in [-0.05, 0) is 12.3 Å². The molecular weight excluding hydrogens is 274 g/mol. The SMILES string of the molecule is Cc1nnc(C(C)(C)Cc2ncc(C(C)(C)C)s2)s1. The van der Waals surface area contributed by atoms with E-state index in [9.17, 15) is 0 Å². The molecule has 19 heavy (non-hydrogen) atoms. The van der Waals surface area contributed by atoms with E-state index < -0.39 is 0 Å². The standard InChI is InChI=1S/C14H21N3S2/c1-9-16-17-12(18-9)14(5,6)7-11-15-8-10(19-11)13(2,3)4/h8H,7H2,1-6H3. The van der Waals surface area contributed by atoms with Gasteiger partial charge in [-0.25, -0.2) is 4.98 Å². The summed E-state index contributed by atoms with van der Waals surface area (Å²) >= 11 is 3.49. The van der Waals surface area contributed by atoms with Crippen LogP contribution < -0.4 is 0 Å². The van der Waals surface area contributed by atoms with E-state index in [0.717, 1.165) is 16.4 Å². The minimum absolute atomic E-state index is 0.00106. The van der Waals surface area contributed by atoms with Crippen molar-refractivity contribution < 1.29 is 0 Å². The van der Waals surface area contributed by atoms with Crippen molar-refractivity contribution in [2.45, 2.75) is 58.8 Å². The van der Waals surface area contributed by atoms with Gasteiger partial charge in [0.1, 0.15) is 10.0 Å². The van der Waals surface area contributed by atoms with Gasteiger partial charge in [-0.1, -0.05) is 34.6 Å². The summed E-state index contributed by atoms with van der Waals surface area (Å²) in [5.74, 6) is 0. The third kappa shape index (κ3) is 3.39. The molecule has 0 saturated heterocycles. The first-order valence-corrected chi connectivity index (χ1v) is 8.07. The van der Waals surface area contributed by atoms with Crippen molar-refractivity contribution in [1.82, 2.24) is 15.2 Å². The lowest BCUT2D eigenvalue weighted by atomic mass is 9.91. The molecular formula is C14H21N3S2. The molecule has 0 N–H and O–H groups in total. The van der Waals surface area contributed by atoms with Crippen molar-refractivity contribution in [3.05, 3.63) is 26.1 Å². The van der Waals surface area contributed by atoms with Crippen LogP contribution >= 0.6 is 22.7 Å². The Hall–Kier alpha value is -0.810. The molecule has 0 radical (unpaired) electrons. The normalized spacial score (nSPS) is 12.9. The number of hydrogen-bond donors (Lipinski definition) is 0. The minimum Gasteiger partial charge on any atom is -0.249 e. The Bertz CT molecular complexity index is 561. The molecule has 0 aromatic carbocycles. The van der Waals surface area contributed by atoms with Crippen LogP contribution in [0.1, 0.15) is 54.5 Å². The van der Waals surface area contributed by atoms with Gasteiger partial charge >= 0.3 is 0 Å². The summed E-state index contributed by atoms with van der Waals surface area (Å²) < 4.78 is 0. The van der Waals surface area contributed by atoms with Crippen LogP contribution in [0, 0.1) is 6.92 Å². The molecule has 0 bridgehead atoms. The molecule has 0 aliphatic heterocycles. The Morgan fingerprint density at radius 2 is 1.74 bits per heavy atom. The molecule has 0 unspecified atom stereocenters. The van der Waals surface area contributed by atoms with E-state index in [2.05, 4.69) is 49.8 Å². The zero-order valence-electron chi connectivity index (χ0n) is 12.4. The second kappa shape index (κ2) is 4.94. The average Bonchev–Trinajstić information content (AvgIpc) is 2.85. The third-order valence-corrected chi connectivity index (χ3v) is 5.62. The minimum atomic E-state index is -0.00106. The smallest absolute Gasteiger partial charge is 0.123 e. The van der Waals surface area contributed by atoms with Crippen LogP contribution in [0.2, 0.25) is 0 Å². The predicted molar refractivity (Wildman–Crippen MR) is 82.2 cm³/mol. The summed E-state index contributed by atoms with van der Waals surface area (Å²) in [5, 5.41) is 11.7. The van der Waals surface area contributed by atoms with E-state index in [1.54, 1.807) is 11.3 Å². The summed E-state index contributed by atoms with van der Waals surface area (Å²) in [7, 11) is 0. The van der Waals surface area contributed by atoms with E-state index in [1.807, 2.05) is 24.5 Å². The number of aromatic nitrogens is 3. The molecule has 0 aliphatic rings. The first-order chi connectivity index (χ1) is 8.68. The molecule has 0 spiro atoms. The van der Waals surface area contributed by atoms with Crippen molar-refractivity contribution in [1.29, 1.82) is 0 Å². The van der Waals surface area contributed by atoms with Gasteiger partial charge in [-0.3, -0.25) is 0 Å². The second-order valence-corrected chi connectivity index (χ2v) is 8.85. The number of nitrogens with zero attached hydrogens (tertiary/aromatic N) is 3. The lowest BCUT2D eigenvalue weighted by molar-refractivity contribution is 0.512. The van der Waals surface area contributed by atoms with Crippen LogP contribution in [0.5, 0.6) is 0 Å². The highest BCUT2D eigenvalue weighted by Gasteiger charge is 2.27. The molecule has 0 saturated carbocycles. The van der Waals surface area contributed by atoms with Crippen molar-refractivity contribution >= 4 is 22.7 Å². The van der Waals surface area contributed by atoms with Crippen molar-refractivity contribution in [3.8, 4) is 0 Å². The molecule has 0 amide bonds. The molecule has 2 aromatic heterocycles. The highest BCUT2D eigenvalue weighted by molar-refractivity contribution is 7.12. The van der Waals surface area contributed by atoms with Gasteiger partial charge in [0.25, 0.3) is 0 Å². The van der Waals surface area contributed by atoms with Crippen LogP contribution in [-0.4, -0.2) is 15.2 Å². The van der Waals surface area contributed by atoms with Crippen molar-refractivity contribution in [2.75, 3.05) is 0 Å². The molecule has 2 rings (SSSR count). The topological polar surface area (TPSA) is 38.7 Å². The largest absolute Gasteiger partial charge is 0.249 e. The van der Waals surface area contributed by atoms with Gasteiger partial charge in [0.15, 0.2) is 0 Å². The fourth-order valence-corrected chi connectivity index (χ4v) is 3.76. The molecule has 2 heterocycles. The Balaban J connectivity index is 2.18. The van der Waals surface area contributed by atoms with Crippen LogP contribution in [0.3, 0.4) is 0 Å². The van der Waals surface area contributed by atoms with E-state index in [0.29, 0.717) is 0 Å². The van der Waals surface area contributed by atoms with Gasteiger partial charge in [-0.15, -0.1) is 32.9 Å². The molecule has 2 aromatic rings. The molecule has 5 heteroatoms. The fourth-order valence-electron chi connectivity index (χ4n) is 1.76. The van der Waals surface area contributed by atoms with Gasteiger partial charge in [-0.2, -0.15) is 0 Å². The zero-order chi connectivity index (χ0) is 14.3. The molecule has 0 atom stereocenters. The Morgan fingerprint density at radius 3 is 2.21 bits per heavy atom. The molecule has 104 valence electrons. The number of hydrogen-bond acceptors (Lipinski definition) is 5. The molecule has 3 nitrogen and oxygen atoms in total. The van der Waals surface area contributed by atoms with Crippen LogP contribution in [-0.2, 0) is 17.3 Å². The first-order valence-electron chi connectivity index (χ1n) is 6.44. The summed E-state index contributed by atoms with van der Waals surface area (Å²) in [6.45, 7) is 13.1. The van der Waals surface area contributed by atoms with Gasteiger partial charge in [0.2, 0.25) is 0 Å². The predicted octanol–water partition coefficient (Wildman–Crippen LogP) is 4.12. The highest BCUT2D eigenvalue weighted by Crippen LogP contribution is 2.33. The van der Waals surface area contributed by atoms with Crippen molar-refractivity contribution in [3.63, 3.8) is 0 Å². The second-order valence-electron chi connectivity index (χ2n) is 6.56. The van der Waals surface area contributed by atoms with E-state index >= 15 is 0 Å². The third-order valence-electron chi connectivity index (χ3n) is 2.99.